The van der Waals surface area contributed by atoms with Crippen molar-refractivity contribution in [1.82, 2.24) is 20.0 Å². The Kier molecular flexibility index (Phi) is 7.50. The molecule has 3 N–H and O–H groups in total. The first-order valence-electron chi connectivity index (χ1n) is 9.99. The Morgan fingerprint density at radius 2 is 1.75 bits per heavy atom. The highest BCUT2D eigenvalue weighted by atomic mass is 35.5. The Labute approximate surface area is 207 Å². The van der Waals surface area contributed by atoms with Crippen LogP contribution in [0.5, 0.6) is 0 Å². The third-order valence-electron chi connectivity index (χ3n) is 5.27. The van der Waals surface area contributed by atoms with Crippen LogP contribution in [0.25, 0.3) is 11.3 Å². The monoisotopic (exact) mass is 556 g/mol. The maximum Gasteiger partial charge on any atom is 0.434 e. The van der Waals surface area contributed by atoms with Gasteiger partial charge in [0.15, 0.2) is 23.1 Å². The summed E-state index contributed by atoms with van der Waals surface area (Å²) in [5, 5.41) is 38.5. The number of aliphatic hydroxyl groups is 3. The molecule has 36 heavy (non-hydrogen) atoms. The third-order valence-corrected chi connectivity index (χ3v) is 6.67. The van der Waals surface area contributed by atoms with E-state index in [0.717, 1.165) is 23.1 Å². The second kappa shape index (κ2) is 10.1. The summed E-state index contributed by atoms with van der Waals surface area (Å²) in [5.41, 5.74) is -3.15. The quantitative estimate of drug-likeness (QED) is 0.324. The average molecular weight is 557 g/mol. The fraction of sp³-hybridized carbons (Fsp3) is 0.350. The summed E-state index contributed by atoms with van der Waals surface area (Å²) in [6, 6.07) is 0.858. The summed E-state index contributed by atoms with van der Waals surface area (Å²) < 4.78 is 87.1. The number of hydrogen-bond donors (Lipinski definition) is 3. The molecule has 0 bridgehead atoms. The molecular weight excluding hydrogens is 542 g/mol. The summed E-state index contributed by atoms with van der Waals surface area (Å²) in [5.74, 6) is -4.67. The molecule has 1 saturated heterocycles. The van der Waals surface area contributed by atoms with E-state index in [-0.39, 0.29) is 16.3 Å². The molecule has 0 radical (unpaired) electrons. The minimum Gasteiger partial charge on any atom is -0.394 e. The van der Waals surface area contributed by atoms with Gasteiger partial charge in [0, 0.05) is 16.7 Å². The Morgan fingerprint density at radius 3 is 2.36 bits per heavy atom. The topological polar surface area (TPSA) is 114 Å². The predicted molar refractivity (Wildman–Crippen MR) is 112 cm³/mol. The van der Waals surface area contributed by atoms with E-state index in [4.69, 9.17) is 16.3 Å². The van der Waals surface area contributed by atoms with E-state index in [9.17, 15) is 41.7 Å². The van der Waals surface area contributed by atoms with Crippen LogP contribution in [0, 0.1) is 17.5 Å². The number of aliphatic hydroxyl groups excluding tert-OH is 3. The first-order chi connectivity index (χ1) is 16.9. The Hall–Kier alpha value is -2.43. The minimum atomic E-state index is -4.86. The van der Waals surface area contributed by atoms with Crippen molar-refractivity contribution < 1.29 is 46.4 Å². The van der Waals surface area contributed by atoms with Gasteiger partial charge in [-0.1, -0.05) is 28.6 Å². The lowest BCUT2D eigenvalue weighted by Gasteiger charge is -2.41. The highest BCUT2D eigenvalue weighted by molar-refractivity contribution is 7.99. The Balaban J connectivity index is 1.67. The molecule has 3 heterocycles. The number of benzene rings is 1. The molecule has 1 aliphatic heterocycles. The number of nitrogens with zero attached hydrogens (tertiary/aromatic N) is 4. The zero-order chi connectivity index (χ0) is 26.4. The summed E-state index contributed by atoms with van der Waals surface area (Å²) >= 11 is 6.20. The van der Waals surface area contributed by atoms with E-state index < -0.39 is 70.6 Å². The Morgan fingerprint density at radius 1 is 1.08 bits per heavy atom. The molecule has 5 atom stereocenters. The molecule has 3 aromatic rings. The lowest BCUT2D eigenvalue weighted by Crippen LogP contribution is -2.55. The van der Waals surface area contributed by atoms with Gasteiger partial charge in [0.05, 0.1) is 17.8 Å². The van der Waals surface area contributed by atoms with Gasteiger partial charge in [0.25, 0.3) is 0 Å². The summed E-state index contributed by atoms with van der Waals surface area (Å²) in [6.07, 6.45) is -7.71. The third kappa shape index (κ3) is 5.17. The second-order valence-corrected chi connectivity index (χ2v) is 9.23. The molecule has 0 spiro atoms. The number of pyridine rings is 1. The van der Waals surface area contributed by atoms with Gasteiger partial charge in [-0.15, -0.1) is 5.10 Å². The van der Waals surface area contributed by atoms with Crippen LogP contribution in [0.2, 0.25) is 5.02 Å². The maximum absolute atomic E-state index is 13.6. The van der Waals surface area contributed by atoms with E-state index in [1.54, 1.807) is 0 Å². The van der Waals surface area contributed by atoms with E-state index >= 15 is 0 Å². The number of thioether (sulfide) groups is 1. The zero-order valence-electron chi connectivity index (χ0n) is 17.6. The number of halogens is 7. The van der Waals surface area contributed by atoms with E-state index in [0.29, 0.717) is 23.9 Å². The molecule has 0 unspecified atom stereocenters. The molecule has 4 rings (SSSR count). The van der Waals surface area contributed by atoms with Crippen molar-refractivity contribution in [3.8, 4) is 11.3 Å². The zero-order valence-corrected chi connectivity index (χ0v) is 19.1. The Bertz CT molecular complexity index is 1240. The van der Waals surface area contributed by atoms with E-state index in [1.807, 2.05) is 0 Å². The van der Waals surface area contributed by atoms with Crippen LogP contribution in [0.15, 0.2) is 35.5 Å². The van der Waals surface area contributed by atoms with Crippen molar-refractivity contribution >= 4 is 23.4 Å². The van der Waals surface area contributed by atoms with Crippen LogP contribution in [0.3, 0.4) is 0 Å². The van der Waals surface area contributed by atoms with Gasteiger partial charge in [-0.05, 0) is 18.2 Å². The number of ether oxygens (including phenoxy) is 1. The fourth-order valence-electron chi connectivity index (χ4n) is 3.58. The first kappa shape index (κ1) is 26.6. The molecule has 1 fully saturated rings. The van der Waals surface area contributed by atoms with Gasteiger partial charge in [-0.3, -0.25) is 0 Å². The van der Waals surface area contributed by atoms with Gasteiger partial charge < -0.3 is 20.1 Å². The van der Waals surface area contributed by atoms with Crippen molar-refractivity contribution in [3.05, 3.63) is 58.8 Å². The largest absolute Gasteiger partial charge is 0.434 e. The molecule has 1 aromatic carbocycles. The lowest BCUT2D eigenvalue weighted by atomic mass is 9.97. The number of hydrogen-bond acceptors (Lipinski definition) is 8. The predicted octanol–water partition coefficient (Wildman–Crippen LogP) is 3.20. The van der Waals surface area contributed by atoms with Crippen molar-refractivity contribution in [3.63, 3.8) is 0 Å². The minimum absolute atomic E-state index is 0.120. The molecule has 2 aromatic heterocycles. The van der Waals surface area contributed by atoms with Crippen LogP contribution < -0.4 is 0 Å². The van der Waals surface area contributed by atoms with Crippen molar-refractivity contribution in [2.24, 2.45) is 0 Å². The number of aromatic nitrogens is 4. The standard InChI is InChI=1S/C20H15ClF6N4O4S/c21-8-3-13(18(28-4-8)20(25,26)27)36-19-17(34)15(16(33)12(6-32)35-19)31-5-11(29-30-31)7-1-9(22)14(24)10(23)2-7/h1-5,12,15-17,19,32-34H,6H2/t12-,15+,16+,17-,19-/m1/s1. The van der Waals surface area contributed by atoms with E-state index in [2.05, 4.69) is 15.3 Å². The molecular formula is C20H15ClF6N4O4S. The van der Waals surface area contributed by atoms with Crippen molar-refractivity contribution in [2.75, 3.05) is 6.61 Å². The van der Waals surface area contributed by atoms with Crippen LogP contribution in [0.4, 0.5) is 26.3 Å². The highest BCUT2D eigenvalue weighted by Gasteiger charge is 2.47. The van der Waals surface area contributed by atoms with Gasteiger partial charge in [0.2, 0.25) is 0 Å². The van der Waals surface area contributed by atoms with Crippen molar-refractivity contribution in [1.29, 1.82) is 0 Å². The smallest absolute Gasteiger partial charge is 0.394 e. The first-order valence-corrected chi connectivity index (χ1v) is 11.2. The molecule has 1 aliphatic rings. The van der Waals surface area contributed by atoms with Gasteiger partial charge in [-0.2, -0.15) is 13.2 Å². The summed E-state index contributed by atoms with van der Waals surface area (Å²) in [7, 11) is 0. The van der Waals surface area contributed by atoms with Gasteiger partial charge in [0.1, 0.15) is 35.5 Å². The molecule has 8 nitrogen and oxygen atoms in total. The SMILES string of the molecule is OC[C@H]1O[C@H](Sc2cc(Cl)cnc2C(F)(F)F)[C@H](O)[C@@H](n2cc(-c3cc(F)c(F)c(F)c3)nn2)[C@H]1O. The molecule has 0 aliphatic carbocycles. The molecule has 0 amide bonds. The number of alkyl halides is 3. The second-order valence-electron chi connectivity index (χ2n) is 7.65. The highest BCUT2D eigenvalue weighted by Crippen LogP contribution is 2.43. The summed E-state index contributed by atoms with van der Waals surface area (Å²) in [6.45, 7) is -0.780. The van der Waals surface area contributed by atoms with Crippen LogP contribution >= 0.6 is 23.4 Å². The van der Waals surface area contributed by atoms with Crippen LogP contribution in [-0.4, -0.2) is 65.7 Å². The van der Waals surface area contributed by atoms with E-state index in [1.165, 1.54) is 0 Å². The number of rotatable bonds is 5. The normalized spacial score (nSPS) is 24.8. The van der Waals surface area contributed by atoms with Gasteiger partial charge in [-0.25, -0.2) is 22.8 Å². The van der Waals surface area contributed by atoms with Crippen molar-refractivity contribution in [2.45, 2.75) is 40.9 Å². The lowest BCUT2D eigenvalue weighted by molar-refractivity contribution is -0.178. The fourth-order valence-corrected chi connectivity index (χ4v) is 5.03. The molecule has 16 heteroatoms. The van der Waals surface area contributed by atoms with Gasteiger partial charge >= 0.3 is 6.18 Å². The molecule has 194 valence electrons. The molecule has 0 saturated carbocycles. The maximum atomic E-state index is 13.6. The average Bonchev–Trinajstić information content (AvgIpc) is 3.28. The van der Waals surface area contributed by atoms with Crippen LogP contribution in [-0.2, 0) is 10.9 Å². The van der Waals surface area contributed by atoms with Crippen LogP contribution in [0.1, 0.15) is 11.7 Å². The summed E-state index contributed by atoms with van der Waals surface area (Å²) in [4.78, 5) is 2.82.